The van der Waals surface area contributed by atoms with Crippen LogP contribution in [0.1, 0.15) is 64.2 Å². The van der Waals surface area contributed by atoms with Crippen LogP contribution >= 0.6 is 0 Å². The summed E-state index contributed by atoms with van der Waals surface area (Å²) in [6, 6.07) is 10.3. The number of nitrogens with zero attached hydrogens (tertiary/aromatic N) is 2. The standard InChI is InChI=1S/C48H22F8N4O10/c49-35-33(36(50)40(54)43(61)39(35)53)31-25-9-5-21(57-25)29(15-1-3-17(45(63)64)19(13-15)47(67)68)22-6-10-26(58-22)32(34-37(51)41(55)44(62)42(56)38(34)52)28-12-8-24(60-28)30(23-7-11-27(31)59-23)16-2-4-18(46(65)66)20(14-16)48(69)70/h1-14,57,60-62H,(H,63,64)(H,65,66)(H,67,68)(H,69,70). The molecule has 22 heteroatoms. The maximum atomic E-state index is 16.1. The number of fused-ring (bicyclic) bond motifs is 8. The molecule has 70 heavy (non-hydrogen) atoms. The molecule has 7 aromatic rings. The summed E-state index contributed by atoms with van der Waals surface area (Å²) in [5.41, 5.74) is -11.0. The van der Waals surface area contributed by atoms with Gasteiger partial charge in [0.05, 0.1) is 56.2 Å². The quantitative estimate of drug-likeness (QED) is 0.0523. The summed E-state index contributed by atoms with van der Waals surface area (Å²) in [6.07, 6.45) is 4.44. The second kappa shape index (κ2) is 16.6. The van der Waals surface area contributed by atoms with Crippen molar-refractivity contribution in [1.29, 1.82) is 0 Å². The highest BCUT2D eigenvalue weighted by atomic mass is 19.2. The van der Waals surface area contributed by atoms with Gasteiger partial charge < -0.3 is 40.6 Å². The van der Waals surface area contributed by atoms with E-state index in [0.717, 1.165) is 72.8 Å². The van der Waals surface area contributed by atoms with Crippen molar-refractivity contribution < 1.29 is 84.9 Å². The van der Waals surface area contributed by atoms with Gasteiger partial charge in [0.2, 0.25) is 23.3 Å². The summed E-state index contributed by atoms with van der Waals surface area (Å²) in [5.74, 6) is -28.2. The lowest BCUT2D eigenvalue weighted by atomic mass is 9.98. The van der Waals surface area contributed by atoms with Crippen LogP contribution in [0, 0.1) is 46.5 Å². The van der Waals surface area contributed by atoms with Crippen molar-refractivity contribution in [3.8, 4) is 56.0 Å². The van der Waals surface area contributed by atoms with E-state index in [1.807, 2.05) is 0 Å². The number of carbonyl (C=O) groups is 4. The summed E-state index contributed by atoms with van der Waals surface area (Å²) in [7, 11) is 0. The average molecular weight is 967 g/mol. The summed E-state index contributed by atoms with van der Waals surface area (Å²) in [5, 5.41) is 59.5. The normalized spacial score (nSPS) is 11.9. The number of nitrogens with one attached hydrogen (secondary N) is 2. The van der Waals surface area contributed by atoms with Crippen LogP contribution < -0.4 is 0 Å². The average Bonchev–Trinajstić information content (AvgIpc) is 4.19. The molecule has 0 spiro atoms. The second-order valence-corrected chi connectivity index (χ2v) is 15.2. The topological polar surface area (TPSA) is 247 Å². The SMILES string of the molecule is O=C(O)c1ccc(-c2c3nc(c(-c4c(F)c(F)c(O)c(F)c4F)c4ccc([nH]4)c(-c4ccc(C(=O)O)c(C(=O)O)c4)c4nc(c(-c5c(F)c(F)c(O)c(F)c5F)c5ccc2[nH]5)C=C4)C=C3)cc1C(=O)O. The van der Waals surface area contributed by atoms with Gasteiger partial charge in [-0.3, -0.25) is 0 Å². The molecule has 0 fully saturated rings. The molecule has 0 saturated heterocycles. The highest BCUT2D eigenvalue weighted by molar-refractivity contribution is 6.06. The molecule has 2 aliphatic rings. The number of aromatic hydroxyl groups is 2. The fraction of sp³-hybridized carbons (Fsp3) is 0. The molecule has 5 heterocycles. The van der Waals surface area contributed by atoms with E-state index in [1.165, 1.54) is 12.1 Å². The van der Waals surface area contributed by atoms with E-state index in [2.05, 4.69) is 19.9 Å². The Balaban J connectivity index is 1.55. The third kappa shape index (κ3) is 7.12. The molecule has 14 nitrogen and oxygen atoms in total. The van der Waals surface area contributed by atoms with Gasteiger partial charge in [-0.05, 0) is 84.0 Å². The monoisotopic (exact) mass is 966 g/mol. The highest BCUT2D eigenvalue weighted by Gasteiger charge is 2.32. The van der Waals surface area contributed by atoms with Crippen LogP contribution in [0.4, 0.5) is 35.1 Å². The van der Waals surface area contributed by atoms with Crippen molar-refractivity contribution in [3.05, 3.63) is 152 Å². The molecule has 8 bridgehead atoms. The van der Waals surface area contributed by atoms with E-state index in [-0.39, 0.29) is 44.7 Å². The van der Waals surface area contributed by atoms with Crippen LogP contribution in [-0.2, 0) is 0 Å². The zero-order valence-electron chi connectivity index (χ0n) is 34.3. The molecule has 8 N–H and O–H groups in total. The number of hydrogen-bond donors (Lipinski definition) is 8. The van der Waals surface area contributed by atoms with Crippen LogP contribution in [0.2, 0.25) is 0 Å². The Labute approximate surface area is 382 Å². The Kier molecular flexibility index (Phi) is 10.8. The van der Waals surface area contributed by atoms with Gasteiger partial charge in [0, 0.05) is 44.3 Å². The molecule has 2 aliphatic heterocycles. The van der Waals surface area contributed by atoms with Crippen LogP contribution in [-0.4, -0.2) is 74.5 Å². The fourth-order valence-corrected chi connectivity index (χ4v) is 8.14. The fourth-order valence-electron chi connectivity index (χ4n) is 8.14. The van der Waals surface area contributed by atoms with Crippen LogP contribution in [0.15, 0.2) is 60.7 Å². The van der Waals surface area contributed by atoms with E-state index in [0.29, 0.717) is 0 Å². The van der Waals surface area contributed by atoms with Crippen LogP contribution in [0.25, 0.3) is 90.9 Å². The van der Waals surface area contributed by atoms with Gasteiger partial charge in [-0.1, -0.05) is 12.1 Å². The lowest BCUT2D eigenvalue weighted by Crippen LogP contribution is -2.08. The number of aromatic carboxylic acids is 4. The largest absolute Gasteiger partial charge is 0.503 e. The number of halogens is 8. The Morgan fingerprint density at radius 2 is 0.629 bits per heavy atom. The van der Waals surface area contributed by atoms with E-state index in [4.69, 9.17) is 0 Å². The number of H-pyrrole nitrogens is 2. The van der Waals surface area contributed by atoms with Crippen LogP contribution in [0.5, 0.6) is 11.5 Å². The molecule has 0 atom stereocenters. The first kappa shape index (κ1) is 45.6. The maximum Gasteiger partial charge on any atom is 0.336 e. The van der Waals surface area contributed by atoms with Gasteiger partial charge in [0.1, 0.15) is 0 Å². The van der Waals surface area contributed by atoms with E-state index < -0.39 is 149 Å². The smallest absolute Gasteiger partial charge is 0.336 e. The summed E-state index contributed by atoms with van der Waals surface area (Å²) < 4.78 is 125. The van der Waals surface area contributed by atoms with Crippen LogP contribution in [0.3, 0.4) is 0 Å². The van der Waals surface area contributed by atoms with E-state index >= 15 is 35.1 Å². The number of phenolic OH excluding ortho intramolecular Hbond substituents is 2. The first-order chi connectivity index (χ1) is 33.2. The summed E-state index contributed by atoms with van der Waals surface area (Å²) >= 11 is 0. The summed E-state index contributed by atoms with van der Waals surface area (Å²) in [4.78, 5) is 63.5. The van der Waals surface area contributed by atoms with Crippen molar-refractivity contribution in [2.24, 2.45) is 0 Å². The van der Waals surface area contributed by atoms with Crippen molar-refractivity contribution in [2.75, 3.05) is 0 Å². The number of aromatic nitrogens is 4. The van der Waals surface area contributed by atoms with Gasteiger partial charge in [-0.25, -0.2) is 46.7 Å². The Bertz CT molecular complexity index is 3520. The third-order valence-corrected chi connectivity index (χ3v) is 11.3. The zero-order chi connectivity index (χ0) is 50.4. The molecule has 0 amide bonds. The van der Waals surface area contributed by atoms with Gasteiger partial charge in [0.15, 0.2) is 34.8 Å². The lowest BCUT2D eigenvalue weighted by molar-refractivity contribution is 0.0651. The number of phenols is 2. The summed E-state index contributed by atoms with van der Waals surface area (Å²) in [6.45, 7) is 0. The first-order valence-corrected chi connectivity index (χ1v) is 19.7. The maximum absolute atomic E-state index is 16.1. The zero-order valence-corrected chi connectivity index (χ0v) is 34.3. The number of carboxylic acids is 4. The Morgan fingerprint density at radius 3 is 0.914 bits per heavy atom. The van der Waals surface area contributed by atoms with Crippen molar-refractivity contribution in [2.45, 2.75) is 0 Å². The molecular weight excluding hydrogens is 945 g/mol. The number of hydrogen-bond acceptors (Lipinski definition) is 8. The minimum absolute atomic E-state index is 0.174. The molecule has 0 unspecified atom stereocenters. The predicted molar refractivity (Wildman–Crippen MR) is 231 cm³/mol. The molecule has 3 aromatic heterocycles. The first-order valence-electron chi connectivity index (χ1n) is 19.7. The second-order valence-electron chi connectivity index (χ2n) is 15.2. The number of carboxylic acid groups (broad SMARTS) is 4. The molecule has 0 radical (unpaired) electrons. The molecule has 9 rings (SSSR count). The molecule has 0 aliphatic carbocycles. The highest BCUT2D eigenvalue weighted by Crippen LogP contribution is 2.44. The number of aromatic amines is 2. The molecular formula is C48H22F8N4O10. The van der Waals surface area contributed by atoms with Gasteiger partial charge in [-0.2, -0.15) is 17.6 Å². The van der Waals surface area contributed by atoms with Gasteiger partial charge in [0.25, 0.3) is 0 Å². The van der Waals surface area contributed by atoms with Gasteiger partial charge in [-0.15, -0.1) is 0 Å². The number of rotatable bonds is 8. The Morgan fingerprint density at radius 1 is 0.357 bits per heavy atom. The molecule has 4 aromatic carbocycles. The van der Waals surface area contributed by atoms with Crippen molar-refractivity contribution >= 4 is 70.2 Å². The predicted octanol–water partition coefficient (Wildman–Crippen LogP) is 10.6. The van der Waals surface area contributed by atoms with Crippen molar-refractivity contribution in [3.63, 3.8) is 0 Å². The molecule has 0 saturated carbocycles. The van der Waals surface area contributed by atoms with E-state index in [9.17, 15) is 49.8 Å². The number of benzene rings is 4. The minimum atomic E-state index is -2.23. The van der Waals surface area contributed by atoms with Crippen molar-refractivity contribution in [1.82, 2.24) is 19.9 Å². The lowest BCUT2D eigenvalue weighted by Gasteiger charge is -2.11. The molecule has 350 valence electrons. The van der Waals surface area contributed by atoms with E-state index in [1.54, 1.807) is 0 Å². The Hall–Kier alpha value is -9.60. The van der Waals surface area contributed by atoms with Gasteiger partial charge >= 0.3 is 23.9 Å². The minimum Gasteiger partial charge on any atom is -0.503 e. The third-order valence-electron chi connectivity index (χ3n) is 11.3.